The Balaban J connectivity index is 1.62. The van der Waals surface area contributed by atoms with Gasteiger partial charge in [-0.25, -0.2) is 10.4 Å². The van der Waals surface area contributed by atoms with E-state index in [-0.39, 0.29) is 38.6 Å². The van der Waals surface area contributed by atoms with Crippen LogP contribution in [0, 0.1) is 0 Å². The Labute approximate surface area is 311 Å². The van der Waals surface area contributed by atoms with E-state index in [1.54, 1.807) is 36.4 Å². The molecule has 0 unspecified atom stereocenters. The number of rotatable bonds is 19. The van der Waals surface area contributed by atoms with Gasteiger partial charge in [-0.1, -0.05) is 58.8 Å². The fraction of sp³-hybridized carbons (Fsp3) is 0.316. The fourth-order valence-electron chi connectivity index (χ4n) is 6.16. The van der Waals surface area contributed by atoms with Crippen LogP contribution in [-0.2, 0) is 35.6 Å². The van der Waals surface area contributed by atoms with Crippen LogP contribution in [0.3, 0.4) is 0 Å². The molecule has 16 nitrogen and oxygen atoms in total. The van der Waals surface area contributed by atoms with Crippen LogP contribution in [0.5, 0.6) is 23.0 Å². The lowest BCUT2D eigenvalue weighted by atomic mass is 9.80. The number of aliphatic hydroxyl groups is 1. The number of amides is 1. The summed E-state index contributed by atoms with van der Waals surface area (Å²) in [7, 11) is 4.59. The van der Waals surface area contributed by atoms with E-state index in [4.69, 9.17) is 39.3 Å². The average molecular weight is 736 g/mol. The van der Waals surface area contributed by atoms with Crippen LogP contribution < -0.4 is 29.8 Å². The van der Waals surface area contributed by atoms with Crippen molar-refractivity contribution in [2.75, 3.05) is 34.5 Å². The van der Waals surface area contributed by atoms with Gasteiger partial charge >= 0.3 is 0 Å². The van der Waals surface area contributed by atoms with Gasteiger partial charge in [-0.2, -0.15) is 0 Å². The molecule has 16 heteroatoms. The van der Waals surface area contributed by atoms with Crippen molar-refractivity contribution in [1.29, 1.82) is 0 Å². The van der Waals surface area contributed by atoms with E-state index in [0.29, 0.717) is 69.4 Å². The number of nitrogens with one attached hydrogen (secondary N) is 2. The zero-order chi connectivity index (χ0) is 38.3. The predicted octanol–water partition coefficient (Wildman–Crippen LogP) is 6.41. The van der Waals surface area contributed by atoms with E-state index in [9.17, 15) is 10.3 Å². The molecule has 0 aliphatic carbocycles. The van der Waals surface area contributed by atoms with Crippen molar-refractivity contribution >= 4 is 11.8 Å². The molecule has 0 saturated carbocycles. The Hall–Kier alpha value is -6.44. The van der Waals surface area contributed by atoms with Gasteiger partial charge in [-0.3, -0.25) is 10.2 Å². The Morgan fingerprint density at radius 3 is 2.13 bits per heavy atom. The summed E-state index contributed by atoms with van der Waals surface area (Å²) in [6, 6.07) is 25.1. The average Bonchev–Trinajstić information content (AvgIpc) is 3.60. The highest BCUT2D eigenvalue weighted by Gasteiger charge is 2.54. The SMILES string of the molecule is COc1cc(OC)c(CNNC(=O)[C@@]2(Cc3ccccc3CN=[N+]=[N-])N=C(c3ccc(OCCCO)cc3)O[C@H]2c2ccccc2CN=[N+]=[N-])c(OC)c1. The fourth-order valence-corrected chi connectivity index (χ4v) is 6.16. The number of hydrazine groups is 1. The number of carbonyl (C=O) groups excluding carboxylic acids is 1. The maximum Gasteiger partial charge on any atom is 0.266 e. The van der Waals surface area contributed by atoms with E-state index >= 15 is 0 Å². The molecule has 1 aliphatic rings. The van der Waals surface area contributed by atoms with Crippen molar-refractivity contribution in [3.8, 4) is 23.0 Å². The molecule has 0 fully saturated rings. The van der Waals surface area contributed by atoms with Crippen LogP contribution in [0.2, 0.25) is 0 Å². The Kier molecular flexibility index (Phi) is 13.6. The van der Waals surface area contributed by atoms with Gasteiger partial charge in [0.1, 0.15) is 23.0 Å². The summed E-state index contributed by atoms with van der Waals surface area (Å²) < 4.78 is 29.0. The summed E-state index contributed by atoms with van der Waals surface area (Å²) in [4.78, 5) is 25.9. The molecule has 1 aliphatic heterocycles. The molecule has 0 bridgehead atoms. The first-order chi connectivity index (χ1) is 26.4. The summed E-state index contributed by atoms with van der Waals surface area (Å²) in [5.41, 5.74) is 26.4. The zero-order valence-electron chi connectivity index (χ0n) is 30.1. The number of methoxy groups -OCH3 is 3. The lowest BCUT2D eigenvalue weighted by Crippen LogP contribution is -2.54. The predicted molar refractivity (Wildman–Crippen MR) is 200 cm³/mol. The summed E-state index contributed by atoms with van der Waals surface area (Å²) in [5, 5.41) is 16.7. The maximum absolute atomic E-state index is 14.9. The van der Waals surface area contributed by atoms with E-state index in [1.807, 2.05) is 48.5 Å². The summed E-state index contributed by atoms with van der Waals surface area (Å²) in [5.74, 6) is 1.75. The highest BCUT2D eigenvalue weighted by atomic mass is 16.5. The van der Waals surface area contributed by atoms with Crippen molar-refractivity contribution in [3.63, 3.8) is 0 Å². The minimum atomic E-state index is -1.66. The van der Waals surface area contributed by atoms with Crippen LogP contribution in [0.1, 0.15) is 45.9 Å². The second-order valence-corrected chi connectivity index (χ2v) is 12.0. The lowest BCUT2D eigenvalue weighted by molar-refractivity contribution is -0.130. The van der Waals surface area contributed by atoms with Crippen molar-refractivity contribution < 1.29 is 33.6 Å². The Morgan fingerprint density at radius 2 is 1.50 bits per heavy atom. The van der Waals surface area contributed by atoms with Gasteiger partial charge < -0.3 is 28.8 Å². The monoisotopic (exact) mass is 735 g/mol. The first kappa shape index (κ1) is 38.8. The number of nitrogens with zero attached hydrogens (tertiary/aromatic N) is 7. The molecule has 3 N–H and O–H groups in total. The topological polar surface area (TPSA) is 217 Å². The van der Waals surface area contributed by atoms with E-state index in [0.717, 1.165) is 0 Å². The maximum atomic E-state index is 14.9. The van der Waals surface area contributed by atoms with E-state index in [1.165, 1.54) is 21.3 Å². The molecule has 2 atom stereocenters. The van der Waals surface area contributed by atoms with Crippen molar-refractivity contribution in [3.05, 3.63) is 139 Å². The molecule has 1 amide bonds. The Morgan fingerprint density at radius 1 is 0.870 bits per heavy atom. The number of hydrogen-bond acceptors (Lipinski definition) is 11. The number of aliphatic imine (C=N–C) groups is 1. The first-order valence-electron chi connectivity index (χ1n) is 17.0. The van der Waals surface area contributed by atoms with Gasteiger partial charge in [0.2, 0.25) is 5.90 Å². The van der Waals surface area contributed by atoms with Gasteiger partial charge in [0.25, 0.3) is 5.91 Å². The highest BCUT2D eigenvalue weighted by Crippen LogP contribution is 2.44. The molecule has 4 aromatic carbocycles. The van der Waals surface area contributed by atoms with Crippen LogP contribution in [0.15, 0.2) is 100 Å². The van der Waals surface area contributed by atoms with Crippen LogP contribution in [0.4, 0.5) is 0 Å². The van der Waals surface area contributed by atoms with Gasteiger partial charge in [0, 0.05) is 53.5 Å². The molecule has 0 spiro atoms. The van der Waals surface area contributed by atoms with Gasteiger partial charge in [-0.15, -0.1) is 0 Å². The summed E-state index contributed by atoms with van der Waals surface area (Å²) in [6.45, 7) is 0.503. The molecule has 54 heavy (non-hydrogen) atoms. The zero-order valence-corrected chi connectivity index (χ0v) is 30.1. The van der Waals surface area contributed by atoms with Crippen molar-refractivity contribution in [1.82, 2.24) is 10.9 Å². The molecular formula is C38H41N9O7. The molecule has 4 aromatic rings. The standard InChI is InChI=1S/C38H41N9O7/c1-50-30-19-33(51-2)32(34(20-30)52-3)24-41-45-37(49)38(21-26-9-4-5-10-27(26)22-42-46-39)35(31-12-7-6-11-28(31)23-43-47-40)54-36(44-38)25-13-15-29(16-14-25)53-18-8-17-48/h4-7,9-16,19-20,35,41,48H,8,17-18,21-24H2,1-3H3,(H,45,49)/t35-,38-/m0/s1. The Bertz CT molecular complexity index is 2020. The van der Waals surface area contributed by atoms with Gasteiger partial charge in [0.15, 0.2) is 11.6 Å². The number of carbonyl (C=O) groups is 1. The largest absolute Gasteiger partial charge is 0.496 e. The van der Waals surface area contributed by atoms with Gasteiger partial charge in [0.05, 0.1) is 46.6 Å². The smallest absolute Gasteiger partial charge is 0.266 e. The van der Waals surface area contributed by atoms with Crippen molar-refractivity contribution in [2.45, 2.75) is 44.1 Å². The minimum absolute atomic E-state index is 0.00220. The number of hydrogen-bond donors (Lipinski definition) is 3. The summed E-state index contributed by atoms with van der Waals surface area (Å²) >= 11 is 0. The van der Waals surface area contributed by atoms with E-state index in [2.05, 4.69) is 30.9 Å². The van der Waals surface area contributed by atoms with Crippen molar-refractivity contribution in [2.24, 2.45) is 15.2 Å². The first-order valence-corrected chi connectivity index (χ1v) is 17.0. The quantitative estimate of drug-likeness (QED) is 0.0320. The molecule has 5 rings (SSSR count). The number of benzene rings is 4. The third-order valence-corrected chi connectivity index (χ3v) is 8.84. The second-order valence-electron chi connectivity index (χ2n) is 12.0. The molecule has 0 saturated heterocycles. The third-order valence-electron chi connectivity index (χ3n) is 8.84. The number of azide groups is 2. The minimum Gasteiger partial charge on any atom is -0.496 e. The molecule has 280 valence electrons. The van der Waals surface area contributed by atoms with E-state index < -0.39 is 17.6 Å². The van der Waals surface area contributed by atoms with Gasteiger partial charge in [-0.05, 0) is 57.6 Å². The lowest BCUT2D eigenvalue weighted by Gasteiger charge is -2.32. The molecular weight excluding hydrogens is 694 g/mol. The molecule has 0 aromatic heterocycles. The number of aliphatic hydroxyl groups excluding tert-OH is 1. The third kappa shape index (κ3) is 8.95. The van der Waals surface area contributed by atoms with Crippen LogP contribution in [0.25, 0.3) is 20.9 Å². The number of ether oxygens (including phenoxy) is 5. The normalized spacial score (nSPS) is 15.9. The molecule has 1 heterocycles. The van der Waals surface area contributed by atoms with Crippen LogP contribution >= 0.6 is 0 Å². The second kappa shape index (κ2) is 18.9. The van der Waals surface area contributed by atoms with Crippen LogP contribution in [-0.4, -0.2) is 57.0 Å². The molecule has 0 radical (unpaired) electrons. The summed E-state index contributed by atoms with van der Waals surface area (Å²) in [6.07, 6.45) is -0.504. The highest BCUT2D eigenvalue weighted by molar-refractivity contribution is 6.01.